The molecule has 2 rings (SSSR count). The van der Waals surface area contributed by atoms with E-state index in [1.165, 1.54) is 22.2 Å². The second-order valence-corrected chi connectivity index (χ2v) is 7.31. The number of nitrogens with zero attached hydrogens (tertiary/aromatic N) is 3. The summed E-state index contributed by atoms with van der Waals surface area (Å²) in [6.45, 7) is 2.26. The summed E-state index contributed by atoms with van der Waals surface area (Å²) in [5, 5.41) is 15.7. The Hall–Kier alpha value is -1.78. The zero-order chi connectivity index (χ0) is 15.5. The first-order valence-electron chi connectivity index (χ1n) is 6.14. The van der Waals surface area contributed by atoms with Crippen molar-refractivity contribution >= 4 is 27.3 Å². The zero-order valence-electron chi connectivity index (χ0n) is 11.2. The molecule has 8 nitrogen and oxygen atoms in total. The van der Waals surface area contributed by atoms with E-state index in [0.717, 1.165) is 11.3 Å². The topological polar surface area (TPSA) is 114 Å². The van der Waals surface area contributed by atoms with Gasteiger partial charge >= 0.3 is 5.97 Å². The van der Waals surface area contributed by atoms with Gasteiger partial charge in [0.15, 0.2) is 5.69 Å². The molecule has 114 valence electrons. The van der Waals surface area contributed by atoms with Crippen LogP contribution in [0.4, 0.5) is 0 Å². The molecule has 0 aliphatic rings. The van der Waals surface area contributed by atoms with Gasteiger partial charge in [-0.05, 0) is 18.6 Å². The van der Waals surface area contributed by atoms with E-state index >= 15 is 0 Å². The Kier molecular flexibility index (Phi) is 4.70. The fraction of sp³-hybridized carbons (Fsp3) is 0.364. The minimum Gasteiger partial charge on any atom is -0.476 e. The average Bonchev–Trinajstić information content (AvgIpc) is 3.07. The lowest BCUT2D eigenvalue weighted by Gasteiger charge is -2.04. The van der Waals surface area contributed by atoms with Gasteiger partial charge in [-0.15, -0.1) is 16.4 Å². The summed E-state index contributed by atoms with van der Waals surface area (Å²) in [6.07, 6.45) is 2.04. The van der Waals surface area contributed by atoms with Gasteiger partial charge in [0.1, 0.15) is 4.21 Å². The highest BCUT2D eigenvalue weighted by atomic mass is 32.2. The lowest BCUT2D eigenvalue weighted by atomic mass is 10.4. The number of aromatic carboxylic acids is 1. The van der Waals surface area contributed by atoms with Crippen LogP contribution in [0.15, 0.2) is 22.5 Å². The van der Waals surface area contributed by atoms with Crippen LogP contribution in [-0.2, 0) is 23.0 Å². The van der Waals surface area contributed by atoms with E-state index in [9.17, 15) is 13.2 Å². The van der Waals surface area contributed by atoms with Gasteiger partial charge in [-0.25, -0.2) is 17.9 Å². The Morgan fingerprint density at radius 2 is 2.24 bits per heavy atom. The number of nitrogens with one attached hydrogen (secondary N) is 1. The smallest absolute Gasteiger partial charge is 0.358 e. The first kappa shape index (κ1) is 15.6. The van der Waals surface area contributed by atoms with Crippen LogP contribution in [0.1, 0.15) is 22.3 Å². The lowest BCUT2D eigenvalue weighted by Crippen LogP contribution is -2.27. The SMILES string of the molecule is CCc1ccc(S(=O)(=O)NCCn2cc(C(=O)O)nn2)s1. The number of aromatic nitrogens is 3. The molecule has 10 heteroatoms. The first-order valence-corrected chi connectivity index (χ1v) is 8.44. The number of thiophene rings is 1. The number of sulfonamides is 1. The van der Waals surface area contributed by atoms with E-state index in [-0.39, 0.29) is 23.0 Å². The van der Waals surface area contributed by atoms with Crippen LogP contribution in [0.3, 0.4) is 0 Å². The third-order valence-corrected chi connectivity index (χ3v) is 5.82. The minimum atomic E-state index is -3.54. The molecule has 0 radical (unpaired) electrons. The van der Waals surface area contributed by atoms with E-state index in [0.29, 0.717) is 0 Å². The quantitative estimate of drug-likeness (QED) is 0.767. The normalized spacial score (nSPS) is 11.7. The van der Waals surface area contributed by atoms with Crippen LogP contribution in [0, 0.1) is 0 Å². The Labute approximate surface area is 125 Å². The van der Waals surface area contributed by atoms with Gasteiger partial charge in [0.2, 0.25) is 10.0 Å². The van der Waals surface area contributed by atoms with Crippen molar-refractivity contribution in [3.63, 3.8) is 0 Å². The standard InChI is InChI=1S/C11H14N4O4S2/c1-2-8-3-4-10(20-8)21(18,19)12-5-6-15-7-9(11(16)17)13-14-15/h3-4,7,12H,2,5-6H2,1H3,(H,16,17). The molecule has 0 aliphatic heterocycles. The second-order valence-electron chi connectivity index (χ2n) is 4.14. The van der Waals surface area contributed by atoms with E-state index in [1.54, 1.807) is 12.1 Å². The third kappa shape index (κ3) is 3.86. The molecule has 0 aliphatic carbocycles. The van der Waals surface area contributed by atoms with Gasteiger partial charge in [0.25, 0.3) is 0 Å². The van der Waals surface area contributed by atoms with Crippen molar-refractivity contribution in [2.45, 2.75) is 24.1 Å². The molecule has 0 spiro atoms. The molecule has 21 heavy (non-hydrogen) atoms. The molecule has 0 fully saturated rings. The highest BCUT2D eigenvalue weighted by Crippen LogP contribution is 2.21. The molecule has 0 saturated carbocycles. The summed E-state index contributed by atoms with van der Waals surface area (Å²) in [7, 11) is -3.54. The van der Waals surface area contributed by atoms with Gasteiger partial charge < -0.3 is 5.11 Å². The maximum absolute atomic E-state index is 12.0. The largest absolute Gasteiger partial charge is 0.476 e. The van der Waals surface area contributed by atoms with Crippen molar-refractivity contribution in [2.24, 2.45) is 0 Å². The van der Waals surface area contributed by atoms with Crippen molar-refractivity contribution < 1.29 is 18.3 Å². The summed E-state index contributed by atoms with van der Waals surface area (Å²) in [5.74, 6) is -1.17. The van der Waals surface area contributed by atoms with Crippen molar-refractivity contribution in [3.8, 4) is 0 Å². The highest BCUT2D eigenvalue weighted by Gasteiger charge is 2.16. The van der Waals surface area contributed by atoms with Gasteiger partial charge in [-0.2, -0.15) is 0 Å². The van der Waals surface area contributed by atoms with Crippen LogP contribution < -0.4 is 4.72 Å². The zero-order valence-corrected chi connectivity index (χ0v) is 12.8. The third-order valence-electron chi connectivity index (χ3n) is 2.64. The molecular weight excluding hydrogens is 316 g/mol. The predicted octanol–water partition coefficient (Wildman–Crippen LogP) is 0.579. The fourth-order valence-electron chi connectivity index (χ4n) is 1.56. The van der Waals surface area contributed by atoms with Gasteiger partial charge in [-0.3, -0.25) is 4.68 Å². The molecule has 0 unspecified atom stereocenters. The van der Waals surface area contributed by atoms with E-state index in [1.807, 2.05) is 6.92 Å². The molecule has 0 aromatic carbocycles. The Bertz CT molecular complexity index is 735. The van der Waals surface area contributed by atoms with Gasteiger partial charge in [0, 0.05) is 11.4 Å². The van der Waals surface area contributed by atoms with Crippen LogP contribution >= 0.6 is 11.3 Å². The fourth-order valence-corrected chi connectivity index (χ4v) is 3.93. The van der Waals surface area contributed by atoms with Crippen molar-refractivity contribution in [1.29, 1.82) is 0 Å². The number of hydrogen-bond acceptors (Lipinski definition) is 6. The summed E-state index contributed by atoms with van der Waals surface area (Å²) < 4.78 is 28.0. The number of aryl methyl sites for hydroxylation is 1. The molecule has 0 bridgehead atoms. The van der Waals surface area contributed by atoms with E-state index in [2.05, 4.69) is 15.0 Å². The molecule has 0 amide bonds. The first-order chi connectivity index (χ1) is 9.92. The lowest BCUT2D eigenvalue weighted by molar-refractivity contribution is 0.0690. The maximum atomic E-state index is 12.0. The summed E-state index contributed by atoms with van der Waals surface area (Å²) in [5.41, 5.74) is -0.177. The predicted molar refractivity (Wildman–Crippen MR) is 75.9 cm³/mol. The van der Waals surface area contributed by atoms with E-state index < -0.39 is 16.0 Å². The molecule has 0 saturated heterocycles. The average molecular weight is 330 g/mol. The monoisotopic (exact) mass is 330 g/mol. The number of carboxylic acids is 1. The van der Waals surface area contributed by atoms with Gasteiger partial charge in [-0.1, -0.05) is 12.1 Å². The highest BCUT2D eigenvalue weighted by molar-refractivity contribution is 7.91. The number of hydrogen-bond donors (Lipinski definition) is 2. The Balaban J connectivity index is 1.93. The minimum absolute atomic E-state index is 0.101. The molecular formula is C11H14N4O4S2. The van der Waals surface area contributed by atoms with Gasteiger partial charge in [0.05, 0.1) is 12.7 Å². The molecule has 2 aromatic heterocycles. The van der Waals surface area contributed by atoms with Crippen molar-refractivity contribution in [1.82, 2.24) is 19.7 Å². The second kappa shape index (κ2) is 6.33. The molecule has 2 heterocycles. The molecule has 2 N–H and O–H groups in total. The van der Waals surface area contributed by atoms with Crippen LogP contribution in [0.5, 0.6) is 0 Å². The number of rotatable bonds is 7. The maximum Gasteiger partial charge on any atom is 0.358 e. The number of carbonyl (C=O) groups is 1. The van der Waals surface area contributed by atoms with Crippen LogP contribution in [0.25, 0.3) is 0 Å². The van der Waals surface area contributed by atoms with Crippen molar-refractivity contribution in [2.75, 3.05) is 6.54 Å². The Morgan fingerprint density at radius 1 is 1.48 bits per heavy atom. The molecule has 0 atom stereocenters. The van der Waals surface area contributed by atoms with Crippen molar-refractivity contribution in [3.05, 3.63) is 28.9 Å². The number of carboxylic acid groups (broad SMARTS) is 1. The van der Waals surface area contributed by atoms with E-state index in [4.69, 9.17) is 5.11 Å². The van der Waals surface area contributed by atoms with Crippen LogP contribution in [0.2, 0.25) is 0 Å². The summed E-state index contributed by atoms with van der Waals surface area (Å²) in [4.78, 5) is 11.6. The summed E-state index contributed by atoms with van der Waals surface area (Å²) >= 11 is 1.23. The Morgan fingerprint density at radius 3 is 2.81 bits per heavy atom. The van der Waals surface area contributed by atoms with Crippen LogP contribution in [-0.4, -0.2) is 41.0 Å². The summed E-state index contributed by atoms with van der Waals surface area (Å²) in [6, 6.07) is 3.36. The molecule has 2 aromatic rings.